The van der Waals surface area contributed by atoms with Crippen molar-refractivity contribution in [2.45, 2.75) is 80.7 Å². The van der Waals surface area contributed by atoms with Crippen LogP contribution in [0.5, 0.6) is 0 Å². The Morgan fingerprint density at radius 3 is 2.18 bits per heavy atom. The number of aryl methyl sites for hydroxylation is 1. The lowest BCUT2D eigenvalue weighted by Crippen LogP contribution is -2.32. The van der Waals surface area contributed by atoms with Gasteiger partial charge in [-0.25, -0.2) is 4.79 Å². The number of hydrogen-bond acceptors (Lipinski definition) is 4. The number of carbonyl (C=O) groups is 1. The average molecular weight is 397 g/mol. The molecule has 0 saturated carbocycles. The van der Waals surface area contributed by atoms with Gasteiger partial charge in [-0.2, -0.15) is 0 Å². The van der Waals surface area contributed by atoms with Crippen LogP contribution in [0.2, 0.25) is 0 Å². The highest BCUT2D eigenvalue weighted by Gasteiger charge is 2.23. The fourth-order valence-electron chi connectivity index (χ4n) is 2.64. The first-order chi connectivity index (χ1) is 13.3. The summed E-state index contributed by atoms with van der Waals surface area (Å²) in [5.41, 5.74) is 1.94. The maximum atomic E-state index is 12.5. The summed E-state index contributed by atoms with van der Waals surface area (Å²) in [5, 5.41) is 0. The van der Waals surface area contributed by atoms with Crippen molar-refractivity contribution in [2.75, 3.05) is 27.2 Å². The number of aromatic nitrogens is 1. The molecule has 0 aliphatic rings. The van der Waals surface area contributed by atoms with Crippen molar-refractivity contribution >= 4 is 5.97 Å². The minimum atomic E-state index is -0.543. The van der Waals surface area contributed by atoms with Gasteiger partial charge >= 0.3 is 5.97 Å². The molecule has 0 saturated heterocycles. The van der Waals surface area contributed by atoms with E-state index in [4.69, 9.17) is 4.74 Å². The molecule has 0 aliphatic carbocycles. The van der Waals surface area contributed by atoms with Crippen LogP contribution in [-0.4, -0.2) is 42.7 Å². The summed E-state index contributed by atoms with van der Waals surface area (Å²) in [7, 11) is 4.05. The third kappa shape index (κ3) is 10.6. The van der Waals surface area contributed by atoms with Gasteiger partial charge in [-0.1, -0.05) is 41.5 Å². The summed E-state index contributed by atoms with van der Waals surface area (Å²) in [6.45, 7) is 17.2. The topological polar surface area (TPSA) is 51.5 Å². The first kappa shape index (κ1) is 28.6. The highest BCUT2D eigenvalue weighted by atomic mass is 16.5. The van der Waals surface area contributed by atoms with Crippen molar-refractivity contribution in [3.63, 3.8) is 0 Å². The summed E-state index contributed by atoms with van der Waals surface area (Å²) in [6, 6.07) is 1.09. The Balaban J connectivity index is 0. The van der Waals surface area contributed by atoms with Crippen molar-refractivity contribution < 1.29 is 9.53 Å². The first-order valence-electron chi connectivity index (χ1n) is 10.8. The second-order valence-electron chi connectivity index (χ2n) is 7.02. The van der Waals surface area contributed by atoms with E-state index in [1.165, 1.54) is 0 Å². The molecule has 1 aromatic rings. The summed E-state index contributed by atoms with van der Waals surface area (Å²) in [4.78, 5) is 27.0. The summed E-state index contributed by atoms with van der Waals surface area (Å²) in [5.74, 6) is 0.152. The minimum Gasteiger partial charge on any atom is -0.464 e. The number of hydrogen-bond donors (Lipinski definition) is 0. The number of ether oxygens (including phenoxy) is 1. The normalized spacial score (nSPS) is 11.3. The van der Waals surface area contributed by atoms with E-state index in [0.29, 0.717) is 18.9 Å². The highest BCUT2D eigenvalue weighted by Crippen LogP contribution is 2.19. The Morgan fingerprint density at radius 1 is 1.14 bits per heavy atom. The van der Waals surface area contributed by atoms with Crippen LogP contribution in [0.3, 0.4) is 0 Å². The predicted octanol–water partition coefficient (Wildman–Crippen LogP) is 4.85. The standard InChI is InChI=1S/C19H32N2O3.2C2H6/c1-7-24-19(23)17(9-8-14(2)3)21-13-16(10-11-20(5)6)15(4)12-18(21)22;2*1-2/h12-14,17H,7-11H2,1-6H3;2*1-2H3. The van der Waals surface area contributed by atoms with Gasteiger partial charge in [0, 0.05) is 18.8 Å². The zero-order chi connectivity index (χ0) is 22.3. The lowest BCUT2D eigenvalue weighted by Gasteiger charge is -2.21. The molecule has 0 amide bonds. The number of nitrogens with zero attached hydrogens (tertiary/aromatic N) is 2. The number of esters is 1. The molecule has 0 aromatic carbocycles. The van der Waals surface area contributed by atoms with Crippen LogP contribution in [0.25, 0.3) is 0 Å². The number of carbonyl (C=O) groups excluding carboxylic acids is 1. The molecular weight excluding hydrogens is 352 g/mol. The van der Waals surface area contributed by atoms with Crippen LogP contribution in [0.4, 0.5) is 0 Å². The zero-order valence-electron chi connectivity index (χ0n) is 20.0. The summed E-state index contributed by atoms with van der Waals surface area (Å²) < 4.78 is 6.77. The van der Waals surface area contributed by atoms with Gasteiger partial charge in [0.15, 0.2) is 0 Å². The number of likely N-dealkylation sites (N-methyl/N-ethyl adjacent to an activating group) is 1. The van der Waals surface area contributed by atoms with Crippen molar-refractivity contribution in [2.24, 2.45) is 5.92 Å². The summed E-state index contributed by atoms with van der Waals surface area (Å²) >= 11 is 0. The monoisotopic (exact) mass is 396 g/mol. The van der Waals surface area contributed by atoms with Gasteiger partial charge in [-0.15, -0.1) is 0 Å². The van der Waals surface area contributed by atoms with Crippen LogP contribution >= 0.6 is 0 Å². The molecule has 5 nitrogen and oxygen atoms in total. The first-order valence-corrected chi connectivity index (χ1v) is 10.8. The fourth-order valence-corrected chi connectivity index (χ4v) is 2.64. The van der Waals surface area contributed by atoms with Crippen LogP contribution in [0.1, 0.15) is 78.5 Å². The molecule has 0 bridgehead atoms. The average Bonchev–Trinajstić information content (AvgIpc) is 2.65. The smallest absolute Gasteiger partial charge is 0.329 e. The van der Waals surface area contributed by atoms with Gasteiger partial charge in [0.25, 0.3) is 5.56 Å². The summed E-state index contributed by atoms with van der Waals surface area (Å²) in [6.07, 6.45) is 4.19. The Hall–Kier alpha value is -1.62. The third-order valence-corrected chi connectivity index (χ3v) is 4.14. The van der Waals surface area contributed by atoms with E-state index in [0.717, 1.165) is 30.5 Å². The van der Waals surface area contributed by atoms with E-state index < -0.39 is 6.04 Å². The second kappa shape index (κ2) is 16.3. The van der Waals surface area contributed by atoms with Crippen LogP contribution in [0.15, 0.2) is 17.1 Å². The van der Waals surface area contributed by atoms with E-state index in [2.05, 4.69) is 18.7 Å². The van der Waals surface area contributed by atoms with E-state index in [-0.39, 0.29) is 11.5 Å². The second-order valence-corrected chi connectivity index (χ2v) is 7.02. The predicted molar refractivity (Wildman–Crippen MR) is 120 cm³/mol. The Kier molecular flexibility index (Phi) is 16.7. The van der Waals surface area contributed by atoms with Gasteiger partial charge in [-0.3, -0.25) is 4.79 Å². The van der Waals surface area contributed by atoms with Gasteiger partial charge in [0.1, 0.15) is 6.04 Å². The van der Waals surface area contributed by atoms with E-state index in [1.807, 2.05) is 54.9 Å². The maximum Gasteiger partial charge on any atom is 0.329 e. The molecule has 1 atom stereocenters. The molecule has 0 aliphatic heterocycles. The van der Waals surface area contributed by atoms with E-state index >= 15 is 0 Å². The number of rotatable bonds is 9. The van der Waals surface area contributed by atoms with Crippen molar-refractivity contribution in [3.05, 3.63) is 33.7 Å². The minimum absolute atomic E-state index is 0.136. The molecule has 5 heteroatoms. The molecule has 1 unspecified atom stereocenters. The van der Waals surface area contributed by atoms with Crippen molar-refractivity contribution in [1.29, 1.82) is 0 Å². The molecule has 1 aromatic heterocycles. The highest BCUT2D eigenvalue weighted by molar-refractivity contribution is 5.74. The SMILES string of the molecule is CC.CC.CCOC(=O)C(CCC(C)C)n1cc(CCN(C)C)c(C)cc1=O. The molecule has 1 heterocycles. The van der Waals surface area contributed by atoms with Crippen LogP contribution in [0, 0.1) is 12.8 Å². The van der Waals surface area contributed by atoms with Crippen molar-refractivity contribution in [3.8, 4) is 0 Å². The van der Waals surface area contributed by atoms with E-state index in [1.54, 1.807) is 17.6 Å². The van der Waals surface area contributed by atoms with E-state index in [9.17, 15) is 9.59 Å². The van der Waals surface area contributed by atoms with Crippen LogP contribution < -0.4 is 5.56 Å². The van der Waals surface area contributed by atoms with Gasteiger partial charge in [-0.05, 0) is 64.3 Å². The van der Waals surface area contributed by atoms with Gasteiger partial charge in [0.2, 0.25) is 0 Å². The molecule has 28 heavy (non-hydrogen) atoms. The molecule has 0 N–H and O–H groups in total. The Morgan fingerprint density at radius 2 is 1.71 bits per heavy atom. The molecular formula is C23H44N2O3. The Bertz CT molecular complexity index is 592. The largest absolute Gasteiger partial charge is 0.464 e. The third-order valence-electron chi connectivity index (χ3n) is 4.14. The van der Waals surface area contributed by atoms with Crippen molar-refractivity contribution in [1.82, 2.24) is 9.47 Å². The Labute approximate surface area is 173 Å². The lowest BCUT2D eigenvalue weighted by atomic mass is 10.0. The fraction of sp³-hybridized carbons (Fsp3) is 0.739. The quantitative estimate of drug-likeness (QED) is 0.560. The number of pyridine rings is 1. The molecule has 1 rings (SSSR count). The van der Waals surface area contributed by atoms with Gasteiger partial charge in [0.05, 0.1) is 6.61 Å². The van der Waals surface area contributed by atoms with Crippen LogP contribution in [-0.2, 0) is 16.0 Å². The zero-order valence-corrected chi connectivity index (χ0v) is 20.0. The molecule has 0 radical (unpaired) electrons. The molecule has 0 fully saturated rings. The van der Waals surface area contributed by atoms with Gasteiger partial charge < -0.3 is 14.2 Å². The lowest BCUT2D eigenvalue weighted by molar-refractivity contribution is -0.147. The molecule has 164 valence electrons. The molecule has 0 spiro atoms. The maximum absolute atomic E-state index is 12.5.